The van der Waals surface area contributed by atoms with E-state index in [0.29, 0.717) is 10.6 Å². The van der Waals surface area contributed by atoms with Gasteiger partial charge in [-0.2, -0.15) is 0 Å². The Morgan fingerprint density at radius 2 is 1.76 bits per heavy atom. The van der Waals surface area contributed by atoms with E-state index in [0.717, 1.165) is 6.08 Å². The summed E-state index contributed by atoms with van der Waals surface area (Å²) in [7, 11) is 0. The number of amides is 2. The first kappa shape index (κ1) is 14.4. The third-order valence-electron chi connectivity index (χ3n) is 2.70. The summed E-state index contributed by atoms with van der Waals surface area (Å²) in [5.41, 5.74) is 0.472. The molecule has 1 aliphatic heterocycles. The van der Waals surface area contributed by atoms with Crippen LogP contribution >= 0.6 is 0 Å². The molecule has 8 heteroatoms. The largest absolute Gasteiger partial charge is 0.356 e. The predicted molar refractivity (Wildman–Crippen MR) is 69.3 cm³/mol. The zero-order chi connectivity index (χ0) is 15.4. The van der Waals surface area contributed by atoms with Gasteiger partial charge in [0.15, 0.2) is 0 Å². The lowest BCUT2D eigenvalue weighted by Gasteiger charge is -2.10. The second kappa shape index (κ2) is 5.95. The number of nitro groups is 1. The maximum absolute atomic E-state index is 11.5. The number of hydrogen-bond acceptors (Lipinski definition) is 6. The number of non-ortho nitro benzene ring substituents is 1. The molecular weight excluding hydrogens is 280 g/mol. The molecule has 21 heavy (non-hydrogen) atoms. The van der Waals surface area contributed by atoms with E-state index in [1.54, 1.807) is 0 Å². The zero-order valence-corrected chi connectivity index (χ0v) is 10.7. The third kappa shape index (κ3) is 3.50. The lowest BCUT2D eigenvalue weighted by Crippen LogP contribution is -2.31. The van der Waals surface area contributed by atoms with Crippen LogP contribution in [0.5, 0.6) is 0 Å². The van der Waals surface area contributed by atoms with E-state index in [9.17, 15) is 24.5 Å². The number of nitrogens with zero attached hydrogens (tertiary/aromatic N) is 2. The molecule has 108 valence electrons. The number of imide groups is 1. The molecule has 1 aromatic rings. The third-order valence-corrected chi connectivity index (χ3v) is 2.70. The highest BCUT2D eigenvalue weighted by Gasteiger charge is 2.32. The predicted octanol–water partition coefficient (Wildman–Crippen LogP) is 1.22. The van der Waals surface area contributed by atoms with Gasteiger partial charge in [-0.25, -0.2) is 4.79 Å². The minimum absolute atomic E-state index is 0.0260. The molecule has 0 unspecified atom stereocenters. The highest BCUT2D eigenvalue weighted by Crippen LogP contribution is 2.14. The fraction of sp³-hybridized carbons (Fsp3) is 0.154. The molecule has 1 heterocycles. The molecule has 0 N–H and O–H groups in total. The topological polar surface area (TPSA) is 107 Å². The fourth-order valence-electron chi connectivity index (χ4n) is 1.65. The minimum Gasteiger partial charge on any atom is -0.326 e. The van der Waals surface area contributed by atoms with Crippen LogP contribution in [-0.4, -0.2) is 27.8 Å². The minimum atomic E-state index is -0.878. The maximum Gasteiger partial charge on any atom is 0.356 e. The standard InChI is InChI=1S/C13H10N2O6/c16-11-6-7-12(17)14(11)21-13(18)8-3-9-1-4-10(5-2-9)15(19)20/h1-5,8H,6-7H2/b8-3+. The Kier molecular flexibility index (Phi) is 4.07. The van der Waals surface area contributed by atoms with E-state index < -0.39 is 22.7 Å². The van der Waals surface area contributed by atoms with Crippen molar-refractivity contribution in [2.75, 3.05) is 0 Å². The quantitative estimate of drug-likeness (QED) is 0.357. The summed E-state index contributed by atoms with van der Waals surface area (Å²) >= 11 is 0. The molecule has 0 bridgehead atoms. The summed E-state index contributed by atoms with van der Waals surface area (Å²) in [6, 6.07) is 5.49. The first-order valence-corrected chi connectivity index (χ1v) is 5.97. The SMILES string of the molecule is O=C(/C=C/c1ccc([N+](=O)[O-])cc1)ON1C(=O)CCC1=O. The molecule has 0 aromatic heterocycles. The van der Waals surface area contributed by atoms with Gasteiger partial charge in [0.25, 0.3) is 17.5 Å². The van der Waals surface area contributed by atoms with Crippen molar-refractivity contribution >= 4 is 29.5 Å². The summed E-state index contributed by atoms with van der Waals surface area (Å²) in [6.45, 7) is 0. The molecule has 0 spiro atoms. The van der Waals surface area contributed by atoms with Gasteiger partial charge in [-0.15, -0.1) is 5.06 Å². The van der Waals surface area contributed by atoms with Crippen LogP contribution in [0.1, 0.15) is 18.4 Å². The van der Waals surface area contributed by atoms with Crippen molar-refractivity contribution in [1.82, 2.24) is 5.06 Å². The molecule has 8 nitrogen and oxygen atoms in total. The van der Waals surface area contributed by atoms with E-state index in [1.165, 1.54) is 30.3 Å². The maximum atomic E-state index is 11.5. The molecule has 0 saturated carbocycles. The molecule has 1 aromatic carbocycles. The van der Waals surface area contributed by atoms with Gasteiger partial charge in [-0.05, 0) is 23.8 Å². The lowest BCUT2D eigenvalue weighted by molar-refractivity contribution is -0.384. The van der Waals surface area contributed by atoms with Crippen molar-refractivity contribution in [2.45, 2.75) is 12.8 Å². The molecule has 2 amide bonds. The van der Waals surface area contributed by atoms with Gasteiger partial charge in [-0.1, -0.05) is 0 Å². The first-order chi connectivity index (χ1) is 9.97. The number of rotatable bonds is 4. The fourth-order valence-corrected chi connectivity index (χ4v) is 1.65. The van der Waals surface area contributed by atoms with Crippen LogP contribution in [0.3, 0.4) is 0 Å². The second-order valence-corrected chi connectivity index (χ2v) is 4.17. The Hall–Kier alpha value is -3.03. The Balaban J connectivity index is 1.97. The van der Waals surface area contributed by atoms with Crippen molar-refractivity contribution < 1.29 is 24.1 Å². The van der Waals surface area contributed by atoms with E-state index in [4.69, 9.17) is 0 Å². The molecule has 1 saturated heterocycles. The van der Waals surface area contributed by atoms with Crippen LogP contribution in [0.2, 0.25) is 0 Å². The number of nitro benzene ring substituents is 1. The smallest absolute Gasteiger partial charge is 0.326 e. The number of benzene rings is 1. The second-order valence-electron chi connectivity index (χ2n) is 4.17. The van der Waals surface area contributed by atoms with Gasteiger partial charge < -0.3 is 4.84 Å². The summed E-state index contributed by atoms with van der Waals surface area (Å²) < 4.78 is 0. The summed E-state index contributed by atoms with van der Waals surface area (Å²) in [5.74, 6) is -1.99. The molecule has 0 atom stereocenters. The van der Waals surface area contributed by atoms with E-state index >= 15 is 0 Å². The van der Waals surface area contributed by atoms with Crippen molar-refractivity contribution in [3.63, 3.8) is 0 Å². The van der Waals surface area contributed by atoms with E-state index in [1.807, 2.05) is 0 Å². The van der Waals surface area contributed by atoms with Gasteiger partial charge in [0.2, 0.25) is 0 Å². The first-order valence-electron chi connectivity index (χ1n) is 5.97. The van der Waals surface area contributed by atoms with Crippen molar-refractivity contribution in [3.05, 3.63) is 46.0 Å². The molecule has 1 fully saturated rings. The Morgan fingerprint density at radius 1 is 1.19 bits per heavy atom. The van der Waals surface area contributed by atoms with Gasteiger partial charge in [0.1, 0.15) is 0 Å². The van der Waals surface area contributed by atoms with Crippen LogP contribution < -0.4 is 0 Å². The number of carbonyl (C=O) groups excluding carboxylic acids is 3. The van der Waals surface area contributed by atoms with Crippen LogP contribution in [0.25, 0.3) is 6.08 Å². The van der Waals surface area contributed by atoms with Gasteiger partial charge in [0.05, 0.1) is 4.92 Å². The summed E-state index contributed by atoms with van der Waals surface area (Å²) in [5, 5.41) is 10.9. The Morgan fingerprint density at radius 3 is 2.29 bits per heavy atom. The van der Waals surface area contributed by atoms with Crippen LogP contribution in [0.4, 0.5) is 5.69 Å². The van der Waals surface area contributed by atoms with Crippen molar-refractivity contribution in [2.24, 2.45) is 0 Å². The van der Waals surface area contributed by atoms with Crippen LogP contribution in [0.15, 0.2) is 30.3 Å². The lowest BCUT2D eigenvalue weighted by atomic mass is 10.2. The van der Waals surface area contributed by atoms with E-state index in [2.05, 4.69) is 4.84 Å². The molecule has 0 radical (unpaired) electrons. The average molecular weight is 290 g/mol. The summed E-state index contributed by atoms with van der Waals surface area (Å²) in [6.07, 6.45) is 2.44. The van der Waals surface area contributed by atoms with Crippen LogP contribution in [-0.2, 0) is 19.2 Å². The Bertz CT molecular complexity index is 619. The molecule has 2 rings (SSSR count). The molecule has 1 aliphatic rings. The van der Waals surface area contributed by atoms with E-state index in [-0.39, 0.29) is 18.5 Å². The average Bonchev–Trinajstić information content (AvgIpc) is 2.77. The zero-order valence-electron chi connectivity index (χ0n) is 10.7. The Labute approximate surface area is 118 Å². The van der Waals surface area contributed by atoms with Gasteiger partial charge in [0, 0.05) is 31.1 Å². The number of hydroxylamine groups is 2. The highest BCUT2D eigenvalue weighted by atomic mass is 16.7. The number of hydrogen-bond donors (Lipinski definition) is 0. The van der Waals surface area contributed by atoms with Gasteiger partial charge in [-0.3, -0.25) is 19.7 Å². The van der Waals surface area contributed by atoms with Crippen molar-refractivity contribution in [3.8, 4) is 0 Å². The normalized spacial score (nSPS) is 14.8. The summed E-state index contributed by atoms with van der Waals surface area (Å²) in [4.78, 5) is 48.5. The highest BCUT2D eigenvalue weighted by molar-refractivity contribution is 6.02. The monoisotopic (exact) mass is 290 g/mol. The van der Waals surface area contributed by atoms with Crippen molar-refractivity contribution in [1.29, 1.82) is 0 Å². The molecular formula is C13H10N2O6. The van der Waals surface area contributed by atoms with Gasteiger partial charge >= 0.3 is 5.97 Å². The molecule has 0 aliphatic carbocycles. The number of carbonyl (C=O) groups is 3. The van der Waals surface area contributed by atoms with Crippen LogP contribution in [0, 0.1) is 10.1 Å².